The van der Waals surface area contributed by atoms with E-state index in [4.69, 9.17) is 0 Å². The molecule has 15 heavy (non-hydrogen) atoms. The maximum Gasteiger partial charge on any atom is 0.0810 e. The molecule has 2 aromatic heterocycles. The molecule has 0 spiro atoms. The Kier molecular flexibility index (Phi) is 1.86. The maximum atomic E-state index is 10.0. The fourth-order valence-corrected chi connectivity index (χ4v) is 2.77. The van der Waals surface area contributed by atoms with Crippen molar-refractivity contribution < 1.29 is 5.11 Å². The minimum atomic E-state index is -0.256. The molecule has 1 aliphatic carbocycles. The van der Waals surface area contributed by atoms with Crippen LogP contribution in [-0.4, -0.2) is 9.51 Å². The van der Waals surface area contributed by atoms with E-state index in [0.717, 1.165) is 19.3 Å². The molecule has 1 aliphatic rings. The number of nitrogens with zero attached hydrogens (tertiary/aromatic N) is 1. The van der Waals surface area contributed by atoms with Gasteiger partial charge in [0.05, 0.1) is 6.10 Å². The van der Waals surface area contributed by atoms with E-state index in [2.05, 4.69) is 29.7 Å². The molecule has 78 valence electrons. The van der Waals surface area contributed by atoms with E-state index in [0.29, 0.717) is 0 Å². The molecule has 3 rings (SSSR count). The van der Waals surface area contributed by atoms with Gasteiger partial charge in [-0.3, -0.25) is 0 Å². The first-order valence-electron chi connectivity index (χ1n) is 5.55. The van der Waals surface area contributed by atoms with Gasteiger partial charge in [-0.25, -0.2) is 0 Å². The molecule has 0 fully saturated rings. The summed E-state index contributed by atoms with van der Waals surface area (Å²) in [7, 11) is 0. The van der Waals surface area contributed by atoms with E-state index >= 15 is 0 Å². The van der Waals surface area contributed by atoms with Gasteiger partial charge in [0.1, 0.15) is 0 Å². The number of aliphatic hydroxyl groups excluding tert-OH is 1. The van der Waals surface area contributed by atoms with Crippen LogP contribution in [0.2, 0.25) is 0 Å². The smallest absolute Gasteiger partial charge is 0.0810 e. The number of rotatable bonds is 0. The molecular weight excluding hydrogens is 186 g/mol. The molecule has 0 saturated heterocycles. The number of hydrogen-bond donors (Lipinski definition) is 1. The predicted molar refractivity (Wildman–Crippen MR) is 60.0 cm³/mol. The first-order valence-corrected chi connectivity index (χ1v) is 5.55. The standard InChI is InChI=1S/C13H15NO/c1-9-10-5-2-3-8-14(10)11-6-4-7-12(15)13(9)11/h2-3,5,8,12,15H,4,6-7H2,1H3. The van der Waals surface area contributed by atoms with Crippen LogP contribution in [0.4, 0.5) is 0 Å². The molecule has 1 atom stereocenters. The number of aromatic nitrogens is 1. The second kappa shape index (κ2) is 3.11. The van der Waals surface area contributed by atoms with Crippen molar-refractivity contribution in [2.75, 3.05) is 0 Å². The summed E-state index contributed by atoms with van der Waals surface area (Å²) in [6.07, 6.45) is 4.93. The van der Waals surface area contributed by atoms with Crippen molar-refractivity contribution in [3.05, 3.63) is 41.2 Å². The molecule has 2 heterocycles. The number of hydrogen-bond acceptors (Lipinski definition) is 1. The summed E-state index contributed by atoms with van der Waals surface area (Å²) in [5.74, 6) is 0. The zero-order valence-corrected chi connectivity index (χ0v) is 8.90. The molecule has 0 amide bonds. The highest BCUT2D eigenvalue weighted by Crippen LogP contribution is 2.35. The van der Waals surface area contributed by atoms with Crippen LogP contribution in [0.1, 0.15) is 35.8 Å². The lowest BCUT2D eigenvalue weighted by Crippen LogP contribution is -2.09. The Hall–Kier alpha value is -1.28. The minimum absolute atomic E-state index is 0.256. The Morgan fingerprint density at radius 1 is 1.40 bits per heavy atom. The van der Waals surface area contributed by atoms with Crippen molar-refractivity contribution in [1.29, 1.82) is 0 Å². The molecule has 2 heteroatoms. The first kappa shape index (κ1) is 8.98. The third-order valence-corrected chi connectivity index (χ3v) is 3.47. The Balaban J connectivity index is 2.40. The highest BCUT2D eigenvalue weighted by Gasteiger charge is 2.24. The summed E-state index contributed by atoms with van der Waals surface area (Å²) in [6.45, 7) is 2.11. The molecular formula is C13H15NO. The van der Waals surface area contributed by atoms with Crippen molar-refractivity contribution in [3.63, 3.8) is 0 Å². The highest BCUT2D eigenvalue weighted by molar-refractivity contribution is 5.62. The van der Waals surface area contributed by atoms with Gasteiger partial charge in [-0.2, -0.15) is 0 Å². The molecule has 0 aliphatic heterocycles. The molecule has 0 radical (unpaired) electrons. The summed E-state index contributed by atoms with van der Waals surface area (Å²) in [5, 5.41) is 10.0. The van der Waals surface area contributed by atoms with Crippen LogP contribution in [0.5, 0.6) is 0 Å². The predicted octanol–water partition coefficient (Wildman–Crippen LogP) is 2.62. The van der Waals surface area contributed by atoms with Crippen LogP contribution in [0.15, 0.2) is 24.4 Å². The summed E-state index contributed by atoms with van der Waals surface area (Å²) in [5.41, 5.74) is 4.97. The molecule has 2 nitrogen and oxygen atoms in total. The van der Waals surface area contributed by atoms with Gasteiger partial charge in [0, 0.05) is 23.0 Å². The number of fused-ring (bicyclic) bond motifs is 3. The van der Waals surface area contributed by atoms with Gasteiger partial charge >= 0.3 is 0 Å². The summed E-state index contributed by atoms with van der Waals surface area (Å²) in [4.78, 5) is 0. The minimum Gasteiger partial charge on any atom is -0.388 e. The van der Waals surface area contributed by atoms with Gasteiger partial charge < -0.3 is 9.51 Å². The largest absolute Gasteiger partial charge is 0.388 e. The molecule has 1 N–H and O–H groups in total. The van der Waals surface area contributed by atoms with Gasteiger partial charge in [-0.05, 0) is 43.9 Å². The second-order valence-corrected chi connectivity index (χ2v) is 4.35. The number of aliphatic hydroxyl groups is 1. The maximum absolute atomic E-state index is 10.0. The summed E-state index contributed by atoms with van der Waals surface area (Å²) >= 11 is 0. The summed E-state index contributed by atoms with van der Waals surface area (Å²) in [6, 6.07) is 6.23. The van der Waals surface area contributed by atoms with Crippen molar-refractivity contribution >= 4 is 5.52 Å². The molecule has 2 aromatic rings. The molecule has 0 bridgehead atoms. The lowest BCUT2D eigenvalue weighted by Gasteiger charge is -2.18. The van der Waals surface area contributed by atoms with E-state index in [-0.39, 0.29) is 6.10 Å². The van der Waals surface area contributed by atoms with Crippen LogP contribution in [0.3, 0.4) is 0 Å². The molecule has 1 unspecified atom stereocenters. The normalized spacial score (nSPS) is 20.5. The SMILES string of the molecule is Cc1c2c(n3ccccc13)CCCC2O. The third kappa shape index (κ3) is 1.15. The van der Waals surface area contributed by atoms with E-state index in [1.807, 2.05) is 6.07 Å². The topological polar surface area (TPSA) is 24.6 Å². The van der Waals surface area contributed by atoms with Gasteiger partial charge in [0.2, 0.25) is 0 Å². The van der Waals surface area contributed by atoms with Crippen molar-refractivity contribution in [2.24, 2.45) is 0 Å². The zero-order valence-electron chi connectivity index (χ0n) is 8.90. The lowest BCUT2D eigenvalue weighted by molar-refractivity contribution is 0.155. The van der Waals surface area contributed by atoms with Crippen molar-refractivity contribution in [3.8, 4) is 0 Å². The average molecular weight is 201 g/mol. The van der Waals surface area contributed by atoms with Crippen molar-refractivity contribution in [2.45, 2.75) is 32.3 Å². The Labute approximate surface area is 89.2 Å². The van der Waals surface area contributed by atoms with Gasteiger partial charge in [-0.15, -0.1) is 0 Å². The number of aryl methyl sites for hydroxylation is 2. The number of pyridine rings is 1. The van der Waals surface area contributed by atoms with Crippen LogP contribution in [0.25, 0.3) is 5.52 Å². The van der Waals surface area contributed by atoms with Crippen LogP contribution >= 0.6 is 0 Å². The van der Waals surface area contributed by atoms with E-state index in [9.17, 15) is 5.11 Å². The van der Waals surface area contributed by atoms with Crippen molar-refractivity contribution in [1.82, 2.24) is 4.40 Å². The van der Waals surface area contributed by atoms with Gasteiger partial charge in [0.25, 0.3) is 0 Å². The Morgan fingerprint density at radius 3 is 3.13 bits per heavy atom. The zero-order chi connectivity index (χ0) is 10.4. The highest BCUT2D eigenvalue weighted by atomic mass is 16.3. The van der Waals surface area contributed by atoms with Crippen LogP contribution in [0, 0.1) is 6.92 Å². The van der Waals surface area contributed by atoms with E-state index < -0.39 is 0 Å². The van der Waals surface area contributed by atoms with Gasteiger partial charge in [-0.1, -0.05) is 6.07 Å². The fourth-order valence-electron chi connectivity index (χ4n) is 2.77. The van der Waals surface area contributed by atoms with E-state index in [1.165, 1.54) is 22.3 Å². The monoisotopic (exact) mass is 201 g/mol. The Morgan fingerprint density at radius 2 is 2.27 bits per heavy atom. The Bertz CT molecular complexity index is 512. The lowest BCUT2D eigenvalue weighted by atomic mass is 9.92. The third-order valence-electron chi connectivity index (χ3n) is 3.47. The quantitative estimate of drug-likeness (QED) is 0.696. The van der Waals surface area contributed by atoms with Crippen LogP contribution in [-0.2, 0) is 6.42 Å². The van der Waals surface area contributed by atoms with Gasteiger partial charge in [0.15, 0.2) is 0 Å². The average Bonchev–Trinajstić information content (AvgIpc) is 2.55. The fraction of sp³-hybridized carbons (Fsp3) is 0.385. The molecule has 0 aromatic carbocycles. The van der Waals surface area contributed by atoms with Crippen LogP contribution < -0.4 is 0 Å². The molecule has 0 saturated carbocycles. The second-order valence-electron chi connectivity index (χ2n) is 4.35. The summed E-state index contributed by atoms with van der Waals surface area (Å²) < 4.78 is 2.23. The first-order chi connectivity index (χ1) is 7.29. The van der Waals surface area contributed by atoms with E-state index in [1.54, 1.807) is 0 Å².